The number of hydrogen-bond acceptors (Lipinski definition) is 5. The number of hydrogen-bond donors (Lipinski definition) is 1. The molecule has 2 atom stereocenters. The minimum absolute atomic E-state index is 0.408. The molecule has 0 aliphatic heterocycles. The van der Waals surface area contributed by atoms with Crippen LogP contribution < -0.4 is 14.2 Å². The lowest BCUT2D eigenvalue weighted by atomic mass is 10.1. The molecule has 0 bridgehead atoms. The quantitative estimate of drug-likeness (QED) is 0.699. The van der Waals surface area contributed by atoms with Gasteiger partial charge in [0.2, 0.25) is 0 Å². The summed E-state index contributed by atoms with van der Waals surface area (Å²) in [5.74, 6) is 1.57. The molecule has 0 aliphatic carbocycles. The first-order valence-electron chi connectivity index (χ1n) is 8.74. The van der Waals surface area contributed by atoms with Crippen LogP contribution in [-0.2, 0) is 24.4 Å². The number of ether oxygens (including phenoxy) is 2. The van der Waals surface area contributed by atoms with E-state index < -0.39 is 22.2 Å². The second-order valence-corrected chi connectivity index (χ2v) is 9.16. The lowest BCUT2D eigenvalue weighted by Crippen LogP contribution is -2.44. The van der Waals surface area contributed by atoms with Crippen LogP contribution >= 0.6 is 0 Å². The molecule has 0 aliphatic rings. The molecule has 0 saturated heterocycles. The molecular weight excluding hydrogens is 360 g/mol. The third-order valence-electron chi connectivity index (χ3n) is 3.89. The molecule has 0 spiro atoms. The van der Waals surface area contributed by atoms with Crippen LogP contribution in [0.2, 0.25) is 0 Å². The molecule has 2 aromatic carbocycles. The average molecular weight is 387 g/mol. The zero-order chi connectivity index (χ0) is 19.9. The second-order valence-electron chi connectivity index (χ2n) is 7.17. The monoisotopic (exact) mass is 386 g/mol. The van der Waals surface area contributed by atoms with Gasteiger partial charge in [-0.2, -0.15) is 5.26 Å². The van der Waals surface area contributed by atoms with E-state index in [4.69, 9.17) is 9.47 Å². The molecule has 0 amide bonds. The van der Waals surface area contributed by atoms with E-state index in [1.54, 1.807) is 7.11 Å². The molecule has 27 heavy (non-hydrogen) atoms. The molecule has 0 fully saturated rings. The Morgan fingerprint density at radius 3 is 2.11 bits per heavy atom. The van der Waals surface area contributed by atoms with Crippen molar-refractivity contribution in [3.8, 4) is 17.6 Å². The first-order valence-corrected chi connectivity index (χ1v) is 9.89. The highest BCUT2D eigenvalue weighted by atomic mass is 32.2. The Bertz CT molecular complexity index is 749. The van der Waals surface area contributed by atoms with Crippen LogP contribution in [0.1, 0.15) is 31.9 Å². The number of methoxy groups -OCH3 is 1. The number of benzene rings is 2. The van der Waals surface area contributed by atoms with Gasteiger partial charge >= 0.3 is 0 Å². The van der Waals surface area contributed by atoms with Crippen molar-refractivity contribution in [3.05, 3.63) is 59.7 Å². The summed E-state index contributed by atoms with van der Waals surface area (Å²) < 4.78 is 25.6. The molecule has 0 aromatic heterocycles. The summed E-state index contributed by atoms with van der Waals surface area (Å²) in [5, 5.41) is 9.32. The van der Waals surface area contributed by atoms with Gasteiger partial charge in [-0.15, -0.1) is 4.72 Å². The fourth-order valence-electron chi connectivity index (χ4n) is 2.27. The van der Waals surface area contributed by atoms with Gasteiger partial charge < -0.3 is 14.0 Å². The first-order chi connectivity index (χ1) is 12.8. The van der Waals surface area contributed by atoms with Crippen molar-refractivity contribution >= 4 is 11.4 Å². The average Bonchev–Trinajstić information content (AvgIpc) is 2.66. The highest BCUT2D eigenvalue weighted by Crippen LogP contribution is 2.18. The summed E-state index contributed by atoms with van der Waals surface area (Å²) in [7, 11) is 1.64. The van der Waals surface area contributed by atoms with E-state index in [9.17, 15) is 9.81 Å². The predicted molar refractivity (Wildman–Crippen MR) is 108 cm³/mol. The summed E-state index contributed by atoms with van der Waals surface area (Å²) in [6.45, 7) is 6.09. The molecular formula is C21H26N2O3S. The Balaban J connectivity index is 1.89. The summed E-state index contributed by atoms with van der Waals surface area (Å²) in [6, 6.07) is 17.0. The van der Waals surface area contributed by atoms with Crippen molar-refractivity contribution in [1.82, 2.24) is 4.72 Å². The van der Waals surface area contributed by atoms with Gasteiger partial charge in [0.05, 0.1) is 13.2 Å². The Morgan fingerprint density at radius 2 is 1.59 bits per heavy atom. The summed E-state index contributed by atoms with van der Waals surface area (Å²) in [6.07, 6.45) is 0.483. The fraction of sp³-hybridized carbons (Fsp3) is 0.381. The number of rotatable bonds is 8. The van der Waals surface area contributed by atoms with Gasteiger partial charge in [0.1, 0.15) is 28.9 Å². The van der Waals surface area contributed by atoms with Crippen LogP contribution in [0.15, 0.2) is 48.5 Å². The maximum atomic E-state index is 12.2. The van der Waals surface area contributed by atoms with E-state index in [2.05, 4.69) is 10.8 Å². The van der Waals surface area contributed by atoms with Gasteiger partial charge in [-0.3, -0.25) is 0 Å². The maximum absolute atomic E-state index is 12.2. The predicted octanol–water partition coefficient (Wildman–Crippen LogP) is 3.76. The van der Waals surface area contributed by atoms with Gasteiger partial charge in [-0.25, -0.2) is 0 Å². The third kappa shape index (κ3) is 6.79. The van der Waals surface area contributed by atoms with Crippen molar-refractivity contribution in [2.75, 3.05) is 7.11 Å². The van der Waals surface area contributed by atoms with E-state index >= 15 is 0 Å². The normalized spacial score (nSPS) is 13.5. The van der Waals surface area contributed by atoms with E-state index in [0.29, 0.717) is 13.0 Å². The van der Waals surface area contributed by atoms with Crippen molar-refractivity contribution in [1.29, 1.82) is 5.26 Å². The Kier molecular flexibility index (Phi) is 7.55. The first kappa shape index (κ1) is 21.1. The molecule has 2 rings (SSSR count). The van der Waals surface area contributed by atoms with Crippen molar-refractivity contribution in [3.63, 3.8) is 0 Å². The summed E-state index contributed by atoms with van der Waals surface area (Å²) in [4.78, 5) is 0. The zero-order valence-corrected chi connectivity index (χ0v) is 17.0. The van der Waals surface area contributed by atoms with Crippen LogP contribution in [0.3, 0.4) is 0 Å². The van der Waals surface area contributed by atoms with Gasteiger partial charge in [0, 0.05) is 17.8 Å². The lowest BCUT2D eigenvalue weighted by Gasteiger charge is -2.25. The minimum atomic E-state index is -1.28. The van der Waals surface area contributed by atoms with Crippen LogP contribution in [0.25, 0.3) is 0 Å². The molecule has 0 saturated carbocycles. The fourth-order valence-corrected chi connectivity index (χ4v) is 3.01. The Labute approximate surface area is 164 Å². The van der Waals surface area contributed by atoms with Gasteiger partial charge in [0.25, 0.3) is 0 Å². The van der Waals surface area contributed by atoms with E-state index in [-0.39, 0.29) is 0 Å². The zero-order valence-electron chi connectivity index (χ0n) is 16.2. The van der Waals surface area contributed by atoms with Gasteiger partial charge in [-0.1, -0.05) is 24.3 Å². The molecule has 2 aromatic rings. The van der Waals surface area contributed by atoms with Crippen LogP contribution in [0.4, 0.5) is 0 Å². The van der Waals surface area contributed by atoms with E-state index in [0.717, 1.165) is 22.6 Å². The molecule has 1 unspecified atom stereocenters. The number of nitrogens with one attached hydrogen (secondary N) is 1. The van der Waals surface area contributed by atoms with Gasteiger partial charge in [-0.05, 0) is 56.2 Å². The topological polar surface area (TPSA) is 77.3 Å². The van der Waals surface area contributed by atoms with E-state index in [1.165, 1.54) is 0 Å². The maximum Gasteiger partial charge on any atom is 0.143 e. The van der Waals surface area contributed by atoms with E-state index in [1.807, 2.05) is 69.3 Å². The van der Waals surface area contributed by atoms with Crippen LogP contribution in [0, 0.1) is 11.3 Å². The largest absolute Gasteiger partial charge is 0.598 e. The highest BCUT2D eigenvalue weighted by Gasteiger charge is 2.29. The SMILES string of the molecule is COc1ccc(COc2ccc(C[C@@H](C#N)N[S+]([O-])C(C)(C)C)cc2)cc1. The third-order valence-corrected chi connectivity index (χ3v) is 5.50. The lowest BCUT2D eigenvalue weighted by molar-refractivity contribution is 0.306. The number of nitrogens with zero attached hydrogens (tertiary/aromatic N) is 1. The Hall–Kier alpha value is -2.20. The van der Waals surface area contributed by atoms with Crippen LogP contribution in [0.5, 0.6) is 11.5 Å². The highest BCUT2D eigenvalue weighted by molar-refractivity contribution is 7.90. The molecule has 6 heteroatoms. The summed E-state index contributed by atoms with van der Waals surface area (Å²) in [5.41, 5.74) is 2.04. The summed E-state index contributed by atoms with van der Waals surface area (Å²) >= 11 is -1.28. The van der Waals surface area contributed by atoms with Crippen molar-refractivity contribution in [2.45, 2.75) is 44.6 Å². The van der Waals surface area contributed by atoms with Crippen molar-refractivity contribution < 1.29 is 14.0 Å². The second kappa shape index (κ2) is 9.65. The smallest absolute Gasteiger partial charge is 0.143 e. The number of nitriles is 1. The molecule has 1 N–H and O–H groups in total. The van der Waals surface area contributed by atoms with Crippen molar-refractivity contribution in [2.24, 2.45) is 0 Å². The Morgan fingerprint density at radius 1 is 1.04 bits per heavy atom. The molecule has 0 heterocycles. The molecule has 0 radical (unpaired) electrons. The standard InChI is InChI=1S/C21H26N2O3S/c1-21(2,3)27(24)23-18(14-22)13-16-5-11-20(12-6-16)26-15-17-7-9-19(25-4)10-8-17/h5-12,18,23H,13,15H2,1-4H3/t18-,27?/m0/s1. The van der Waals surface area contributed by atoms with Gasteiger partial charge in [0.15, 0.2) is 0 Å². The minimum Gasteiger partial charge on any atom is -0.598 e. The van der Waals surface area contributed by atoms with Crippen LogP contribution in [-0.4, -0.2) is 22.5 Å². The molecule has 5 nitrogen and oxygen atoms in total. The molecule has 144 valence electrons.